The zero-order valence-corrected chi connectivity index (χ0v) is 16.4. The smallest absolute Gasteiger partial charge is 0.339 e. The Balaban J connectivity index is 2.56. The summed E-state index contributed by atoms with van der Waals surface area (Å²) in [4.78, 5) is 11.8. The van der Waals surface area contributed by atoms with Crippen molar-refractivity contribution in [3.8, 4) is 11.5 Å². The monoisotopic (exact) mass is 360 g/mol. The third-order valence-corrected chi connectivity index (χ3v) is 5.65. The highest BCUT2D eigenvalue weighted by molar-refractivity contribution is 5.94. The van der Waals surface area contributed by atoms with Crippen molar-refractivity contribution in [1.29, 1.82) is 0 Å². The van der Waals surface area contributed by atoms with E-state index in [9.17, 15) is 20.1 Å². The lowest BCUT2D eigenvalue weighted by Gasteiger charge is -2.34. The van der Waals surface area contributed by atoms with Crippen LogP contribution < -0.4 is 0 Å². The molecule has 3 N–H and O–H groups in total. The molecule has 26 heavy (non-hydrogen) atoms. The van der Waals surface area contributed by atoms with Crippen molar-refractivity contribution in [2.75, 3.05) is 0 Å². The number of hydrogen-bond acceptors (Lipinski definition) is 3. The molecule has 1 aliphatic rings. The van der Waals surface area contributed by atoms with Gasteiger partial charge in [0.25, 0.3) is 0 Å². The minimum absolute atomic E-state index is 0.0144. The third kappa shape index (κ3) is 4.22. The van der Waals surface area contributed by atoms with Gasteiger partial charge in [0.05, 0.1) is 0 Å². The average Bonchev–Trinajstić information content (AvgIpc) is 2.54. The van der Waals surface area contributed by atoms with Crippen LogP contribution in [0.1, 0.15) is 87.2 Å². The Hall–Kier alpha value is -1.97. The number of rotatable bonds is 7. The molecule has 2 rings (SSSR count). The topological polar surface area (TPSA) is 77.8 Å². The molecule has 0 fully saturated rings. The highest BCUT2D eigenvalue weighted by Gasteiger charge is 2.33. The van der Waals surface area contributed by atoms with E-state index >= 15 is 0 Å². The van der Waals surface area contributed by atoms with Gasteiger partial charge in [0, 0.05) is 11.5 Å². The Bertz CT molecular complexity index is 688. The largest absolute Gasteiger partial charge is 0.507 e. The Morgan fingerprint density at radius 2 is 1.96 bits per heavy atom. The molecule has 0 spiro atoms. The van der Waals surface area contributed by atoms with E-state index in [0.717, 1.165) is 32.1 Å². The van der Waals surface area contributed by atoms with Crippen molar-refractivity contribution in [2.24, 2.45) is 11.8 Å². The summed E-state index contributed by atoms with van der Waals surface area (Å²) in [5.74, 6) is -0.894. The zero-order valence-electron chi connectivity index (χ0n) is 16.4. The molecular weight excluding hydrogens is 328 g/mol. The van der Waals surface area contributed by atoms with E-state index in [1.165, 1.54) is 5.57 Å². The second-order valence-electron chi connectivity index (χ2n) is 7.94. The van der Waals surface area contributed by atoms with Crippen LogP contribution in [0.2, 0.25) is 0 Å². The van der Waals surface area contributed by atoms with Crippen molar-refractivity contribution >= 4 is 5.97 Å². The lowest BCUT2D eigenvalue weighted by Crippen LogP contribution is -2.22. The van der Waals surface area contributed by atoms with Crippen LogP contribution >= 0.6 is 0 Å². The number of carboxylic acid groups (broad SMARTS) is 1. The predicted molar refractivity (Wildman–Crippen MR) is 104 cm³/mol. The molecule has 0 radical (unpaired) electrons. The highest BCUT2D eigenvalue weighted by Crippen LogP contribution is 2.48. The van der Waals surface area contributed by atoms with E-state index in [-0.39, 0.29) is 28.9 Å². The van der Waals surface area contributed by atoms with Crippen molar-refractivity contribution in [3.63, 3.8) is 0 Å². The van der Waals surface area contributed by atoms with E-state index in [1.807, 2.05) is 0 Å². The van der Waals surface area contributed by atoms with Crippen LogP contribution in [0, 0.1) is 11.8 Å². The number of hydrogen-bond donors (Lipinski definition) is 3. The Morgan fingerprint density at radius 3 is 2.54 bits per heavy atom. The van der Waals surface area contributed by atoms with Crippen LogP contribution in [-0.4, -0.2) is 21.3 Å². The molecule has 2 unspecified atom stereocenters. The summed E-state index contributed by atoms with van der Waals surface area (Å²) in [6, 6.07) is 1.56. The number of aromatic hydroxyl groups is 2. The SMILES string of the molecule is CCCCCc1cc(O)c(C2C=C(C)CCC2C(C)C)c(O)c1C(=O)O. The molecule has 1 aromatic carbocycles. The maximum atomic E-state index is 11.8. The minimum Gasteiger partial charge on any atom is -0.507 e. The van der Waals surface area contributed by atoms with Crippen LogP contribution in [0.5, 0.6) is 11.5 Å². The summed E-state index contributed by atoms with van der Waals surface area (Å²) in [5, 5.41) is 31.2. The number of aryl methyl sites for hydroxylation is 1. The van der Waals surface area contributed by atoms with Crippen LogP contribution in [-0.2, 0) is 6.42 Å². The fraction of sp³-hybridized carbons (Fsp3) is 0.591. The van der Waals surface area contributed by atoms with Gasteiger partial charge >= 0.3 is 5.97 Å². The van der Waals surface area contributed by atoms with Crippen LogP contribution in [0.3, 0.4) is 0 Å². The summed E-state index contributed by atoms with van der Waals surface area (Å²) >= 11 is 0. The van der Waals surface area contributed by atoms with E-state index in [4.69, 9.17) is 0 Å². The Kier molecular flexibility index (Phi) is 6.74. The van der Waals surface area contributed by atoms with Crippen LogP contribution in [0.4, 0.5) is 0 Å². The summed E-state index contributed by atoms with van der Waals surface area (Å²) in [6.45, 7) is 8.41. The van der Waals surface area contributed by atoms with E-state index in [1.54, 1.807) is 6.07 Å². The molecular formula is C22H32O4. The number of phenols is 2. The number of carboxylic acids is 1. The number of carbonyl (C=O) groups is 1. The summed E-state index contributed by atoms with van der Waals surface area (Å²) in [7, 11) is 0. The number of aromatic carboxylic acids is 1. The van der Waals surface area contributed by atoms with E-state index < -0.39 is 5.97 Å². The van der Waals surface area contributed by atoms with Gasteiger partial charge in [-0.2, -0.15) is 0 Å². The molecule has 2 atom stereocenters. The molecule has 0 saturated heterocycles. The molecule has 4 heteroatoms. The van der Waals surface area contributed by atoms with Crippen molar-refractivity contribution in [2.45, 2.75) is 72.1 Å². The Morgan fingerprint density at radius 1 is 1.27 bits per heavy atom. The maximum absolute atomic E-state index is 11.8. The summed E-state index contributed by atoms with van der Waals surface area (Å²) in [5.41, 5.74) is 2.06. The molecule has 0 amide bonds. The fourth-order valence-corrected chi connectivity index (χ4v) is 4.19. The van der Waals surface area contributed by atoms with Crippen molar-refractivity contribution < 1.29 is 20.1 Å². The van der Waals surface area contributed by atoms with Gasteiger partial charge in [0.15, 0.2) is 0 Å². The van der Waals surface area contributed by atoms with Gasteiger partial charge in [-0.05, 0) is 56.1 Å². The standard InChI is InChI=1S/C22H32O4/c1-5-6-7-8-15-12-18(23)20(21(24)19(15)22(25)26)17-11-14(4)9-10-16(17)13(2)3/h11-13,16-17,23-24H,5-10H2,1-4H3,(H,25,26). The zero-order chi connectivity index (χ0) is 19.4. The molecule has 1 aromatic rings. The molecule has 144 valence electrons. The minimum atomic E-state index is -1.13. The number of unbranched alkanes of at least 4 members (excludes halogenated alkanes) is 2. The number of allylic oxidation sites excluding steroid dienone is 2. The molecule has 4 nitrogen and oxygen atoms in total. The van der Waals surface area contributed by atoms with Gasteiger partial charge in [-0.25, -0.2) is 4.79 Å². The first kappa shape index (κ1) is 20.3. The van der Waals surface area contributed by atoms with Gasteiger partial charge in [-0.3, -0.25) is 0 Å². The van der Waals surface area contributed by atoms with Gasteiger partial charge in [-0.1, -0.05) is 45.3 Å². The Labute approximate surface area is 156 Å². The van der Waals surface area contributed by atoms with Crippen LogP contribution in [0.15, 0.2) is 17.7 Å². The normalized spacial score (nSPS) is 20.3. The summed E-state index contributed by atoms with van der Waals surface area (Å²) in [6.07, 6.45) is 7.47. The molecule has 0 aliphatic heterocycles. The second-order valence-corrected chi connectivity index (χ2v) is 7.94. The lowest BCUT2D eigenvalue weighted by atomic mass is 9.71. The van der Waals surface area contributed by atoms with Crippen LogP contribution in [0.25, 0.3) is 0 Å². The molecule has 1 aliphatic carbocycles. The third-order valence-electron chi connectivity index (χ3n) is 5.65. The highest BCUT2D eigenvalue weighted by atomic mass is 16.4. The molecule has 0 heterocycles. The summed E-state index contributed by atoms with van der Waals surface area (Å²) < 4.78 is 0. The molecule has 0 bridgehead atoms. The molecule has 0 aromatic heterocycles. The first-order valence-electron chi connectivity index (χ1n) is 9.76. The second kappa shape index (κ2) is 8.61. The van der Waals surface area contributed by atoms with Gasteiger partial charge in [0.2, 0.25) is 0 Å². The fourth-order valence-electron chi connectivity index (χ4n) is 4.19. The predicted octanol–water partition coefficient (Wildman–Crippen LogP) is 5.62. The maximum Gasteiger partial charge on any atom is 0.339 e. The van der Waals surface area contributed by atoms with Crippen molar-refractivity contribution in [1.82, 2.24) is 0 Å². The first-order valence-corrected chi connectivity index (χ1v) is 9.76. The average molecular weight is 360 g/mol. The first-order chi connectivity index (χ1) is 12.3. The van der Waals surface area contributed by atoms with Crippen molar-refractivity contribution in [3.05, 3.63) is 34.4 Å². The number of phenolic OH excluding ortho intramolecular Hbond substituents is 1. The van der Waals surface area contributed by atoms with Gasteiger partial charge in [0.1, 0.15) is 17.1 Å². The quantitative estimate of drug-likeness (QED) is 0.435. The number of benzene rings is 1. The van der Waals surface area contributed by atoms with E-state index in [0.29, 0.717) is 23.5 Å². The van der Waals surface area contributed by atoms with Gasteiger partial charge < -0.3 is 15.3 Å². The van der Waals surface area contributed by atoms with Gasteiger partial charge in [-0.15, -0.1) is 0 Å². The molecule has 0 saturated carbocycles. The van der Waals surface area contributed by atoms with E-state index in [2.05, 4.69) is 33.8 Å². The lowest BCUT2D eigenvalue weighted by molar-refractivity contribution is 0.0692.